The van der Waals surface area contributed by atoms with Gasteiger partial charge in [-0.2, -0.15) is 0 Å². The molecule has 0 aromatic heterocycles. The number of urea groups is 1. The normalized spacial score (nSPS) is 15.4. The van der Waals surface area contributed by atoms with Crippen molar-refractivity contribution in [2.24, 2.45) is 0 Å². The Morgan fingerprint density at radius 3 is 2.14 bits per heavy atom. The summed E-state index contributed by atoms with van der Waals surface area (Å²) in [7, 11) is 4.28. The summed E-state index contributed by atoms with van der Waals surface area (Å²) in [4.78, 5) is 37.9. The molecule has 2 aromatic rings. The monoisotopic (exact) mass is 400 g/mol. The van der Waals surface area contributed by atoms with E-state index in [9.17, 15) is 18.8 Å². The van der Waals surface area contributed by atoms with Crippen LogP contribution < -0.4 is 24.4 Å². The van der Waals surface area contributed by atoms with Gasteiger partial charge in [0.05, 0.1) is 27.0 Å². The Morgan fingerprint density at radius 1 is 0.966 bits per heavy atom. The minimum atomic E-state index is -1.04. The number of amides is 4. The first-order valence-corrected chi connectivity index (χ1v) is 8.37. The van der Waals surface area contributed by atoms with E-state index in [1.54, 1.807) is 0 Å². The van der Waals surface area contributed by atoms with E-state index >= 15 is 0 Å². The van der Waals surface area contributed by atoms with E-state index in [1.807, 2.05) is 5.32 Å². The van der Waals surface area contributed by atoms with E-state index < -0.39 is 23.7 Å². The molecule has 2 aromatic carbocycles. The zero-order chi connectivity index (χ0) is 21.1. The van der Waals surface area contributed by atoms with Crippen LogP contribution in [0.15, 0.2) is 42.0 Å². The predicted molar refractivity (Wildman–Crippen MR) is 101 cm³/mol. The second kappa shape index (κ2) is 8.01. The number of nitrogens with one attached hydrogen (secondary N) is 1. The standard InChI is InChI=1S/C20H17FN2O6/c1-27-15-9-11(10-16(28-2)17(15)29-3)8-12-18(24)22-20(26)23(19(12)25)14-7-5-4-6-13(14)21/h4-10H,1-3H3,(H,22,24,26)/b12-8+. The highest BCUT2D eigenvalue weighted by Crippen LogP contribution is 2.39. The number of methoxy groups -OCH3 is 3. The Labute approximate surface area is 165 Å². The van der Waals surface area contributed by atoms with E-state index in [2.05, 4.69) is 0 Å². The number of hydrogen-bond donors (Lipinski definition) is 1. The van der Waals surface area contributed by atoms with Gasteiger partial charge in [0.15, 0.2) is 11.5 Å². The molecule has 1 aliphatic rings. The number of carbonyl (C=O) groups is 3. The van der Waals surface area contributed by atoms with Crippen LogP contribution in [0.1, 0.15) is 5.56 Å². The van der Waals surface area contributed by atoms with Crippen molar-refractivity contribution in [3.8, 4) is 17.2 Å². The average molecular weight is 400 g/mol. The Hall–Kier alpha value is -3.88. The number of anilines is 1. The summed E-state index contributed by atoms with van der Waals surface area (Å²) in [6, 6.07) is 7.28. The van der Waals surface area contributed by atoms with Gasteiger partial charge in [0.25, 0.3) is 11.8 Å². The van der Waals surface area contributed by atoms with Crippen LogP contribution in [0.5, 0.6) is 17.2 Å². The van der Waals surface area contributed by atoms with Gasteiger partial charge < -0.3 is 14.2 Å². The Kier molecular flexibility index (Phi) is 5.49. The van der Waals surface area contributed by atoms with E-state index in [1.165, 1.54) is 57.7 Å². The summed E-state index contributed by atoms with van der Waals surface area (Å²) >= 11 is 0. The highest BCUT2D eigenvalue weighted by molar-refractivity contribution is 6.39. The number of nitrogens with zero attached hydrogens (tertiary/aromatic N) is 1. The van der Waals surface area contributed by atoms with Crippen LogP contribution in [0, 0.1) is 5.82 Å². The lowest BCUT2D eigenvalue weighted by Gasteiger charge is -2.26. The highest BCUT2D eigenvalue weighted by Gasteiger charge is 2.38. The SMILES string of the molecule is COc1cc(/C=C2\C(=O)NC(=O)N(c3ccccc3F)C2=O)cc(OC)c1OC. The fourth-order valence-electron chi connectivity index (χ4n) is 2.86. The number of benzene rings is 2. The zero-order valence-corrected chi connectivity index (χ0v) is 15.8. The third kappa shape index (κ3) is 3.62. The lowest BCUT2D eigenvalue weighted by atomic mass is 10.1. The molecule has 3 rings (SSSR count). The van der Waals surface area contributed by atoms with Crippen molar-refractivity contribution in [2.75, 3.05) is 26.2 Å². The lowest BCUT2D eigenvalue weighted by molar-refractivity contribution is -0.122. The summed E-state index contributed by atoms with van der Waals surface area (Å²) in [5, 5.41) is 2.04. The molecule has 1 saturated heterocycles. The van der Waals surface area contributed by atoms with Crippen LogP contribution in [-0.4, -0.2) is 39.2 Å². The largest absolute Gasteiger partial charge is 0.493 e. The van der Waals surface area contributed by atoms with Crippen LogP contribution in [0.4, 0.5) is 14.9 Å². The molecule has 29 heavy (non-hydrogen) atoms. The van der Waals surface area contributed by atoms with Gasteiger partial charge >= 0.3 is 6.03 Å². The molecule has 1 heterocycles. The molecule has 1 aliphatic heterocycles. The number of rotatable bonds is 5. The predicted octanol–water partition coefficient (Wildman–Crippen LogP) is 2.52. The van der Waals surface area contributed by atoms with E-state index in [0.29, 0.717) is 27.7 Å². The summed E-state index contributed by atoms with van der Waals surface area (Å²) in [5.74, 6) is -1.69. The summed E-state index contributed by atoms with van der Waals surface area (Å²) < 4.78 is 29.9. The number of ether oxygens (including phenoxy) is 3. The van der Waals surface area contributed by atoms with Crippen molar-refractivity contribution in [3.63, 3.8) is 0 Å². The molecule has 9 heteroatoms. The number of hydrogen-bond acceptors (Lipinski definition) is 6. The first-order chi connectivity index (χ1) is 13.9. The van der Waals surface area contributed by atoms with Crippen LogP contribution in [-0.2, 0) is 9.59 Å². The van der Waals surface area contributed by atoms with Crippen molar-refractivity contribution >= 4 is 29.6 Å². The molecule has 0 spiro atoms. The topological polar surface area (TPSA) is 94.2 Å². The maximum absolute atomic E-state index is 14.1. The molecule has 0 radical (unpaired) electrons. The highest BCUT2D eigenvalue weighted by atomic mass is 19.1. The van der Waals surface area contributed by atoms with Crippen LogP contribution in [0.25, 0.3) is 6.08 Å². The molecular weight excluding hydrogens is 383 g/mol. The molecule has 0 unspecified atom stereocenters. The number of para-hydroxylation sites is 1. The molecule has 4 amide bonds. The summed E-state index contributed by atoms with van der Waals surface area (Å²) in [6.45, 7) is 0. The van der Waals surface area contributed by atoms with Crippen molar-refractivity contribution in [1.29, 1.82) is 0 Å². The van der Waals surface area contributed by atoms with Crippen molar-refractivity contribution in [1.82, 2.24) is 5.32 Å². The number of halogens is 1. The quantitative estimate of drug-likeness (QED) is 0.612. The van der Waals surface area contributed by atoms with Gasteiger partial charge in [-0.25, -0.2) is 14.1 Å². The van der Waals surface area contributed by atoms with Gasteiger partial charge in [-0.1, -0.05) is 12.1 Å². The fourth-order valence-corrected chi connectivity index (χ4v) is 2.86. The second-order valence-corrected chi connectivity index (χ2v) is 5.87. The van der Waals surface area contributed by atoms with E-state index in [0.717, 1.165) is 6.07 Å². The molecule has 150 valence electrons. The molecule has 0 aliphatic carbocycles. The smallest absolute Gasteiger partial charge is 0.336 e. The van der Waals surface area contributed by atoms with Crippen LogP contribution in [0.3, 0.4) is 0 Å². The second-order valence-electron chi connectivity index (χ2n) is 5.87. The van der Waals surface area contributed by atoms with Gasteiger partial charge in [-0.05, 0) is 35.9 Å². The molecule has 0 atom stereocenters. The average Bonchev–Trinajstić information content (AvgIpc) is 2.71. The van der Waals surface area contributed by atoms with Gasteiger partial charge in [0, 0.05) is 0 Å². The molecule has 0 bridgehead atoms. The minimum Gasteiger partial charge on any atom is -0.493 e. The summed E-state index contributed by atoms with van der Waals surface area (Å²) in [6.07, 6.45) is 1.25. The molecule has 8 nitrogen and oxygen atoms in total. The van der Waals surface area contributed by atoms with Crippen molar-refractivity contribution in [3.05, 3.63) is 53.4 Å². The molecule has 1 N–H and O–H groups in total. The fraction of sp³-hybridized carbons (Fsp3) is 0.150. The van der Waals surface area contributed by atoms with Crippen molar-refractivity contribution < 1.29 is 33.0 Å². The maximum Gasteiger partial charge on any atom is 0.336 e. The van der Waals surface area contributed by atoms with E-state index in [-0.39, 0.29) is 11.3 Å². The lowest BCUT2D eigenvalue weighted by Crippen LogP contribution is -2.54. The van der Waals surface area contributed by atoms with E-state index in [4.69, 9.17) is 14.2 Å². The molecular formula is C20H17FN2O6. The van der Waals surface area contributed by atoms with Gasteiger partial charge in [-0.15, -0.1) is 0 Å². The zero-order valence-electron chi connectivity index (χ0n) is 15.8. The molecule has 0 saturated carbocycles. The number of barbiturate groups is 1. The van der Waals surface area contributed by atoms with Gasteiger partial charge in [0.1, 0.15) is 11.4 Å². The minimum absolute atomic E-state index is 0.265. The Morgan fingerprint density at radius 2 is 1.59 bits per heavy atom. The molecule has 1 fully saturated rings. The Balaban J connectivity index is 2.09. The van der Waals surface area contributed by atoms with Crippen LogP contribution >= 0.6 is 0 Å². The third-order valence-electron chi connectivity index (χ3n) is 4.19. The Bertz CT molecular complexity index is 1010. The third-order valence-corrected chi connectivity index (χ3v) is 4.19. The van der Waals surface area contributed by atoms with Gasteiger partial charge in [0.2, 0.25) is 5.75 Å². The van der Waals surface area contributed by atoms with Crippen LogP contribution in [0.2, 0.25) is 0 Å². The maximum atomic E-state index is 14.1. The van der Waals surface area contributed by atoms with Crippen molar-refractivity contribution in [2.45, 2.75) is 0 Å². The van der Waals surface area contributed by atoms with Gasteiger partial charge in [-0.3, -0.25) is 14.9 Å². The first kappa shape index (κ1) is 19.9. The number of carbonyl (C=O) groups excluding carboxylic acids is 3. The summed E-state index contributed by atoms with van der Waals surface area (Å²) in [5.41, 5.74) is -0.249. The number of imide groups is 2. The first-order valence-electron chi connectivity index (χ1n) is 8.37.